The lowest BCUT2D eigenvalue weighted by atomic mass is 10.1. The van der Waals surface area contributed by atoms with Gasteiger partial charge < -0.3 is 9.73 Å². The molecule has 122 valence electrons. The third-order valence-corrected chi connectivity index (χ3v) is 4.35. The molecule has 3 aromatic rings. The number of thiophene rings is 1. The first kappa shape index (κ1) is 16.2. The Hall–Kier alpha value is -2.66. The Labute approximate surface area is 143 Å². The molecule has 0 aliphatic heterocycles. The molecular weight excluding hydrogens is 325 g/mol. The van der Waals surface area contributed by atoms with Crippen LogP contribution in [0.1, 0.15) is 10.6 Å². The number of rotatable bonds is 6. The number of amides is 1. The van der Waals surface area contributed by atoms with Gasteiger partial charge in [0.2, 0.25) is 5.91 Å². The van der Waals surface area contributed by atoms with Crippen LogP contribution in [0.5, 0.6) is 0 Å². The van der Waals surface area contributed by atoms with Crippen molar-refractivity contribution in [2.75, 3.05) is 6.54 Å². The highest BCUT2D eigenvalue weighted by atomic mass is 32.1. The Kier molecular flexibility index (Phi) is 5.23. The van der Waals surface area contributed by atoms with Crippen molar-refractivity contribution in [2.24, 2.45) is 0 Å². The summed E-state index contributed by atoms with van der Waals surface area (Å²) in [7, 11) is 0. The summed E-state index contributed by atoms with van der Waals surface area (Å²) in [5.74, 6) is 0.414. The van der Waals surface area contributed by atoms with Crippen molar-refractivity contribution in [1.82, 2.24) is 5.32 Å². The monoisotopic (exact) mass is 341 g/mol. The minimum absolute atomic E-state index is 0.185. The molecule has 0 aliphatic carbocycles. The summed E-state index contributed by atoms with van der Waals surface area (Å²) in [5.41, 5.74) is 0.401. The van der Waals surface area contributed by atoms with Gasteiger partial charge in [-0.25, -0.2) is 4.39 Å². The van der Waals surface area contributed by atoms with E-state index in [1.807, 2.05) is 17.5 Å². The summed E-state index contributed by atoms with van der Waals surface area (Å²) in [5, 5.41) is 4.83. The topological polar surface area (TPSA) is 42.2 Å². The van der Waals surface area contributed by atoms with E-state index in [0.29, 0.717) is 23.6 Å². The van der Waals surface area contributed by atoms with Crippen LogP contribution in [0.2, 0.25) is 0 Å². The zero-order chi connectivity index (χ0) is 16.8. The molecule has 0 spiro atoms. The summed E-state index contributed by atoms with van der Waals surface area (Å²) in [6.45, 7) is 0.586. The molecular formula is C19H16FNO2S. The number of halogens is 1. The summed E-state index contributed by atoms with van der Waals surface area (Å²) in [6, 6.07) is 13.8. The van der Waals surface area contributed by atoms with Crippen molar-refractivity contribution in [1.29, 1.82) is 0 Å². The lowest BCUT2D eigenvalue weighted by Gasteiger charge is -2.00. The molecule has 0 aliphatic rings. The number of carbonyl (C=O) groups is 1. The van der Waals surface area contributed by atoms with Gasteiger partial charge in [-0.1, -0.05) is 18.2 Å². The van der Waals surface area contributed by atoms with Crippen LogP contribution in [0.25, 0.3) is 17.4 Å². The minimum Gasteiger partial charge on any atom is -0.457 e. The molecule has 0 radical (unpaired) electrons. The third-order valence-electron chi connectivity index (χ3n) is 3.42. The maximum Gasteiger partial charge on any atom is 0.244 e. The van der Waals surface area contributed by atoms with E-state index in [0.717, 1.165) is 6.42 Å². The average molecular weight is 341 g/mol. The first-order valence-electron chi connectivity index (χ1n) is 7.55. The van der Waals surface area contributed by atoms with Gasteiger partial charge in [0.15, 0.2) is 0 Å². The molecule has 24 heavy (non-hydrogen) atoms. The molecule has 1 amide bonds. The lowest BCUT2D eigenvalue weighted by Crippen LogP contribution is -2.23. The first-order valence-corrected chi connectivity index (χ1v) is 8.43. The van der Waals surface area contributed by atoms with Crippen LogP contribution in [-0.2, 0) is 11.2 Å². The van der Waals surface area contributed by atoms with Crippen LogP contribution in [0.15, 0.2) is 64.4 Å². The molecule has 0 fully saturated rings. The number of furan rings is 1. The number of benzene rings is 1. The Morgan fingerprint density at radius 2 is 2.04 bits per heavy atom. The molecule has 0 saturated carbocycles. The predicted molar refractivity (Wildman–Crippen MR) is 94.2 cm³/mol. The zero-order valence-electron chi connectivity index (χ0n) is 12.9. The van der Waals surface area contributed by atoms with E-state index in [2.05, 4.69) is 5.32 Å². The third kappa shape index (κ3) is 4.20. The fourth-order valence-electron chi connectivity index (χ4n) is 2.23. The second-order valence-corrected chi connectivity index (χ2v) is 6.17. The molecule has 3 nitrogen and oxygen atoms in total. The SMILES string of the molecule is O=C(/C=C/c1ccc(-c2ccccc2F)o1)NCCc1cccs1. The number of hydrogen-bond acceptors (Lipinski definition) is 3. The van der Waals surface area contributed by atoms with E-state index in [9.17, 15) is 9.18 Å². The lowest BCUT2D eigenvalue weighted by molar-refractivity contribution is -0.116. The zero-order valence-corrected chi connectivity index (χ0v) is 13.7. The highest BCUT2D eigenvalue weighted by Crippen LogP contribution is 2.25. The molecule has 0 atom stereocenters. The van der Waals surface area contributed by atoms with E-state index in [1.54, 1.807) is 47.7 Å². The summed E-state index contributed by atoms with van der Waals surface area (Å²) in [4.78, 5) is 13.0. The normalized spacial score (nSPS) is 11.0. The molecule has 0 unspecified atom stereocenters. The molecule has 1 aromatic carbocycles. The van der Waals surface area contributed by atoms with Crippen molar-refractivity contribution in [3.63, 3.8) is 0 Å². The number of nitrogens with one attached hydrogen (secondary N) is 1. The van der Waals surface area contributed by atoms with Crippen molar-refractivity contribution in [3.05, 3.63) is 76.4 Å². The van der Waals surface area contributed by atoms with Gasteiger partial charge in [-0.05, 0) is 48.2 Å². The average Bonchev–Trinajstić information content (AvgIpc) is 3.25. The second kappa shape index (κ2) is 7.75. The highest BCUT2D eigenvalue weighted by molar-refractivity contribution is 7.09. The van der Waals surface area contributed by atoms with E-state index in [1.165, 1.54) is 17.0 Å². The van der Waals surface area contributed by atoms with Gasteiger partial charge in [0.25, 0.3) is 0 Å². The van der Waals surface area contributed by atoms with Gasteiger partial charge in [-0.3, -0.25) is 4.79 Å². The van der Waals surface area contributed by atoms with Crippen molar-refractivity contribution >= 4 is 23.3 Å². The molecule has 2 heterocycles. The van der Waals surface area contributed by atoms with Crippen LogP contribution in [-0.4, -0.2) is 12.5 Å². The smallest absolute Gasteiger partial charge is 0.244 e. The van der Waals surface area contributed by atoms with Crippen molar-refractivity contribution in [3.8, 4) is 11.3 Å². The molecule has 1 N–H and O–H groups in total. The van der Waals surface area contributed by atoms with Crippen molar-refractivity contribution < 1.29 is 13.6 Å². The highest BCUT2D eigenvalue weighted by Gasteiger charge is 2.08. The van der Waals surface area contributed by atoms with Gasteiger partial charge in [0.05, 0.1) is 5.56 Å². The van der Waals surface area contributed by atoms with Gasteiger partial charge in [0.1, 0.15) is 17.3 Å². The predicted octanol–water partition coefficient (Wildman–Crippen LogP) is 4.52. The van der Waals surface area contributed by atoms with Crippen LogP contribution in [0, 0.1) is 5.82 Å². The largest absolute Gasteiger partial charge is 0.457 e. The summed E-state index contributed by atoms with van der Waals surface area (Å²) < 4.78 is 19.3. The van der Waals surface area contributed by atoms with Gasteiger partial charge in [0, 0.05) is 17.5 Å². The number of carbonyl (C=O) groups excluding carboxylic acids is 1. The van der Waals surface area contributed by atoms with E-state index >= 15 is 0 Å². The molecule has 0 saturated heterocycles. The van der Waals surface area contributed by atoms with Gasteiger partial charge in [-0.15, -0.1) is 11.3 Å². The molecule has 3 rings (SSSR count). The second-order valence-electron chi connectivity index (χ2n) is 5.14. The van der Waals surface area contributed by atoms with Crippen LogP contribution >= 0.6 is 11.3 Å². The van der Waals surface area contributed by atoms with Crippen LogP contribution < -0.4 is 5.32 Å². The molecule has 2 aromatic heterocycles. The van der Waals surface area contributed by atoms with Crippen molar-refractivity contribution in [2.45, 2.75) is 6.42 Å². The van der Waals surface area contributed by atoms with E-state index in [4.69, 9.17) is 4.42 Å². The summed E-state index contributed by atoms with van der Waals surface area (Å²) >= 11 is 1.67. The number of hydrogen-bond donors (Lipinski definition) is 1. The van der Waals surface area contributed by atoms with E-state index in [-0.39, 0.29) is 11.7 Å². The standard InChI is InChI=1S/C19H16FNO2S/c20-17-6-2-1-5-16(17)18-9-7-14(23-18)8-10-19(22)21-12-11-15-4-3-13-24-15/h1-10,13H,11-12H2,(H,21,22)/b10-8+. The van der Waals surface area contributed by atoms with Crippen LogP contribution in [0.4, 0.5) is 4.39 Å². The summed E-state index contributed by atoms with van der Waals surface area (Å²) in [6.07, 6.45) is 3.80. The Morgan fingerprint density at radius 3 is 2.83 bits per heavy atom. The Bertz CT molecular complexity index is 837. The Morgan fingerprint density at radius 1 is 1.17 bits per heavy atom. The fraction of sp³-hybridized carbons (Fsp3) is 0.105. The fourth-order valence-corrected chi connectivity index (χ4v) is 2.94. The quantitative estimate of drug-likeness (QED) is 0.670. The van der Waals surface area contributed by atoms with Gasteiger partial charge in [-0.2, -0.15) is 0 Å². The maximum atomic E-state index is 13.7. The first-order chi connectivity index (χ1) is 11.7. The molecule has 5 heteroatoms. The van der Waals surface area contributed by atoms with E-state index < -0.39 is 0 Å². The minimum atomic E-state index is -0.339. The maximum absolute atomic E-state index is 13.7. The van der Waals surface area contributed by atoms with Gasteiger partial charge >= 0.3 is 0 Å². The van der Waals surface area contributed by atoms with Crippen LogP contribution in [0.3, 0.4) is 0 Å². The Balaban J connectivity index is 1.55. The molecule has 0 bridgehead atoms.